The zero-order chi connectivity index (χ0) is 12.6. The Labute approximate surface area is 103 Å². The van der Waals surface area contributed by atoms with Crippen molar-refractivity contribution in [3.05, 3.63) is 40.1 Å². The SMILES string of the molecule is Fc1sc(-c2ccc(Cl)cc2)nc1C(F)(F)F. The van der Waals surface area contributed by atoms with Crippen LogP contribution in [-0.4, -0.2) is 4.98 Å². The van der Waals surface area contributed by atoms with E-state index in [2.05, 4.69) is 4.98 Å². The predicted octanol–water partition coefficient (Wildman–Crippen LogP) is 4.62. The van der Waals surface area contributed by atoms with Gasteiger partial charge in [0.2, 0.25) is 5.13 Å². The minimum atomic E-state index is -4.77. The molecule has 0 aliphatic heterocycles. The number of rotatable bonds is 1. The molecular formula is C10H4ClF4NS. The molecule has 0 bridgehead atoms. The summed E-state index contributed by atoms with van der Waals surface area (Å²) in [6, 6.07) is 5.98. The molecule has 1 aromatic carbocycles. The lowest BCUT2D eigenvalue weighted by Gasteiger charge is -2.00. The molecule has 1 nitrogen and oxygen atoms in total. The van der Waals surface area contributed by atoms with Gasteiger partial charge in [0.05, 0.1) is 0 Å². The zero-order valence-corrected chi connectivity index (χ0v) is 9.63. The van der Waals surface area contributed by atoms with Crippen LogP contribution in [0.3, 0.4) is 0 Å². The lowest BCUT2D eigenvalue weighted by atomic mass is 10.2. The number of aromatic nitrogens is 1. The first-order valence-electron chi connectivity index (χ1n) is 4.37. The number of hydrogen-bond donors (Lipinski definition) is 0. The van der Waals surface area contributed by atoms with Crippen LogP contribution in [0.15, 0.2) is 24.3 Å². The Morgan fingerprint density at radius 3 is 2.18 bits per heavy atom. The highest BCUT2D eigenvalue weighted by molar-refractivity contribution is 7.13. The largest absolute Gasteiger partial charge is 0.437 e. The summed E-state index contributed by atoms with van der Waals surface area (Å²) in [5.74, 6) is 0. The lowest BCUT2D eigenvalue weighted by molar-refractivity contribution is -0.142. The highest BCUT2D eigenvalue weighted by Gasteiger charge is 2.38. The third-order valence-corrected chi connectivity index (χ3v) is 3.09. The quantitative estimate of drug-likeness (QED) is 0.695. The standard InChI is InChI=1S/C10H4ClF4NS/c11-6-3-1-5(2-4-6)9-16-7(8(12)17-9)10(13,14)15/h1-4H. The monoisotopic (exact) mass is 281 g/mol. The summed E-state index contributed by atoms with van der Waals surface area (Å²) < 4.78 is 50.1. The van der Waals surface area contributed by atoms with Gasteiger partial charge in [-0.3, -0.25) is 0 Å². The van der Waals surface area contributed by atoms with Gasteiger partial charge in [-0.05, 0) is 12.1 Å². The Morgan fingerprint density at radius 2 is 1.71 bits per heavy atom. The van der Waals surface area contributed by atoms with Gasteiger partial charge < -0.3 is 0 Å². The Balaban J connectivity index is 2.45. The van der Waals surface area contributed by atoms with Crippen LogP contribution >= 0.6 is 22.9 Å². The number of nitrogens with zero attached hydrogens (tertiary/aromatic N) is 1. The van der Waals surface area contributed by atoms with Gasteiger partial charge in [0.25, 0.3) is 0 Å². The van der Waals surface area contributed by atoms with E-state index in [-0.39, 0.29) is 5.01 Å². The van der Waals surface area contributed by atoms with E-state index in [1.165, 1.54) is 24.3 Å². The van der Waals surface area contributed by atoms with Crippen LogP contribution in [0.5, 0.6) is 0 Å². The second kappa shape index (κ2) is 4.27. The topological polar surface area (TPSA) is 12.9 Å². The van der Waals surface area contributed by atoms with Gasteiger partial charge >= 0.3 is 6.18 Å². The van der Waals surface area contributed by atoms with Crippen LogP contribution in [0.4, 0.5) is 17.6 Å². The van der Waals surface area contributed by atoms with E-state index < -0.39 is 17.0 Å². The highest BCUT2D eigenvalue weighted by Crippen LogP contribution is 2.36. The molecule has 0 spiro atoms. The molecule has 1 heterocycles. The van der Waals surface area contributed by atoms with E-state index in [4.69, 9.17) is 11.6 Å². The first kappa shape index (κ1) is 12.3. The van der Waals surface area contributed by atoms with Gasteiger partial charge in [0.1, 0.15) is 5.01 Å². The molecule has 0 aliphatic carbocycles. The summed E-state index contributed by atoms with van der Waals surface area (Å²) in [6.45, 7) is 0. The average Bonchev–Trinajstić information content (AvgIpc) is 2.61. The minimum Gasteiger partial charge on any atom is -0.228 e. The summed E-state index contributed by atoms with van der Waals surface area (Å²) in [5, 5.41) is -0.907. The van der Waals surface area contributed by atoms with E-state index in [0.717, 1.165) is 0 Å². The van der Waals surface area contributed by atoms with Crippen molar-refractivity contribution in [1.82, 2.24) is 4.98 Å². The van der Waals surface area contributed by atoms with Crippen molar-refractivity contribution >= 4 is 22.9 Å². The van der Waals surface area contributed by atoms with Gasteiger partial charge in [0.15, 0.2) is 5.69 Å². The van der Waals surface area contributed by atoms with E-state index in [9.17, 15) is 17.6 Å². The van der Waals surface area contributed by atoms with Gasteiger partial charge in [0, 0.05) is 10.6 Å². The maximum absolute atomic E-state index is 13.1. The fourth-order valence-electron chi connectivity index (χ4n) is 1.19. The first-order chi connectivity index (χ1) is 7.88. The van der Waals surface area contributed by atoms with Crippen molar-refractivity contribution in [2.45, 2.75) is 6.18 Å². The van der Waals surface area contributed by atoms with Gasteiger partial charge in [-0.2, -0.15) is 17.6 Å². The average molecular weight is 282 g/mol. The van der Waals surface area contributed by atoms with Crippen LogP contribution < -0.4 is 0 Å². The summed E-state index contributed by atoms with van der Waals surface area (Å²) in [4.78, 5) is 3.26. The smallest absolute Gasteiger partial charge is 0.228 e. The molecule has 0 saturated carbocycles. The second-order valence-electron chi connectivity index (χ2n) is 3.15. The van der Waals surface area contributed by atoms with Gasteiger partial charge in [-0.1, -0.05) is 35.1 Å². The van der Waals surface area contributed by atoms with E-state index in [0.29, 0.717) is 21.9 Å². The Kier molecular flexibility index (Phi) is 3.09. The molecule has 2 rings (SSSR count). The molecule has 2 aromatic rings. The van der Waals surface area contributed by atoms with Crippen LogP contribution in [0, 0.1) is 5.13 Å². The molecule has 17 heavy (non-hydrogen) atoms. The van der Waals surface area contributed by atoms with Crippen molar-refractivity contribution in [3.63, 3.8) is 0 Å². The number of thiazole rings is 1. The molecule has 0 amide bonds. The molecule has 0 saturated heterocycles. The molecule has 90 valence electrons. The molecule has 0 fully saturated rings. The normalized spacial score (nSPS) is 11.8. The van der Waals surface area contributed by atoms with Crippen molar-refractivity contribution in [2.24, 2.45) is 0 Å². The Morgan fingerprint density at radius 1 is 1.12 bits per heavy atom. The Hall–Kier alpha value is -1.14. The molecule has 0 unspecified atom stereocenters. The van der Waals surface area contributed by atoms with Crippen molar-refractivity contribution in [2.75, 3.05) is 0 Å². The number of halogens is 5. The summed E-state index contributed by atoms with van der Waals surface area (Å²) in [6.07, 6.45) is -4.77. The molecule has 0 aliphatic rings. The fraction of sp³-hybridized carbons (Fsp3) is 0.100. The third kappa shape index (κ3) is 2.58. The molecule has 1 aromatic heterocycles. The summed E-state index contributed by atoms with van der Waals surface area (Å²) in [7, 11) is 0. The molecule has 7 heteroatoms. The maximum Gasteiger partial charge on any atom is 0.437 e. The van der Waals surface area contributed by atoms with E-state index in [1.807, 2.05) is 0 Å². The maximum atomic E-state index is 13.1. The fourth-order valence-corrected chi connectivity index (χ4v) is 2.14. The van der Waals surface area contributed by atoms with Crippen LogP contribution in [0.1, 0.15) is 5.69 Å². The number of benzene rings is 1. The lowest BCUT2D eigenvalue weighted by Crippen LogP contribution is -2.07. The molecule has 0 N–H and O–H groups in total. The summed E-state index contributed by atoms with van der Waals surface area (Å²) in [5.41, 5.74) is -1.08. The molecule has 0 atom stereocenters. The molecular weight excluding hydrogens is 278 g/mol. The third-order valence-electron chi connectivity index (χ3n) is 1.95. The van der Waals surface area contributed by atoms with E-state index >= 15 is 0 Å². The highest BCUT2D eigenvalue weighted by atomic mass is 35.5. The van der Waals surface area contributed by atoms with E-state index in [1.54, 1.807) is 0 Å². The van der Waals surface area contributed by atoms with Gasteiger partial charge in [-0.15, -0.1) is 0 Å². The van der Waals surface area contributed by atoms with Crippen molar-refractivity contribution < 1.29 is 17.6 Å². The number of alkyl halides is 3. The van der Waals surface area contributed by atoms with Crippen molar-refractivity contribution in [1.29, 1.82) is 0 Å². The van der Waals surface area contributed by atoms with Crippen molar-refractivity contribution in [3.8, 4) is 10.6 Å². The van der Waals surface area contributed by atoms with Crippen LogP contribution in [0.25, 0.3) is 10.6 Å². The predicted molar refractivity (Wildman–Crippen MR) is 57.5 cm³/mol. The minimum absolute atomic E-state index is 0.0218. The summed E-state index contributed by atoms with van der Waals surface area (Å²) >= 11 is 6.00. The zero-order valence-electron chi connectivity index (χ0n) is 8.05. The van der Waals surface area contributed by atoms with Gasteiger partial charge in [-0.25, -0.2) is 4.98 Å². The molecule has 0 radical (unpaired) electrons. The second-order valence-corrected chi connectivity index (χ2v) is 4.53. The van der Waals surface area contributed by atoms with Crippen LogP contribution in [-0.2, 0) is 6.18 Å². The number of hydrogen-bond acceptors (Lipinski definition) is 2. The Bertz CT molecular complexity index is 532. The first-order valence-corrected chi connectivity index (χ1v) is 5.57. The van der Waals surface area contributed by atoms with Crippen LogP contribution in [0.2, 0.25) is 5.02 Å².